The van der Waals surface area contributed by atoms with E-state index in [-0.39, 0.29) is 0 Å². The molecule has 0 radical (unpaired) electrons. The molecule has 0 bridgehead atoms. The topological polar surface area (TPSA) is 33.5 Å². The van der Waals surface area contributed by atoms with Crippen LogP contribution >= 0.6 is 0 Å². The Hall–Kier alpha value is -1.71. The molecule has 0 fully saturated rings. The van der Waals surface area contributed by atoms with E-state index in [1.165, 1.54) is 30.8 Å². The Kier molecular flexibility index (Phi) is 4.66. The molecule has 19 heavy (non-hydrogen) atoms. The van der Waals surface area contributed by atoms with Crippen LogP contribution in [0.2, 0.25) is 0 Å². The van der Waals surface area contributed by atoms with E-state index >= 15 is 0 Å². The predicted octanol–water partition coefficient (Wildman–Crippen LogP) is 1.67. The molecule has 2 rings (SSSR count). The van der Waals surface area contributed by atoms with Crippen LogP contribution in [-0.4, -0.2) is 44.8 Å². The Bertz CT molecular complexity index is 469. The van der Waals surface area contributed by atoms with Gasteiger partial charge >= 0.3 is 0 Å². The summed E-state index contributed by atoms with van der Waals surface area (Å²) in [6.45, 7) is 2.12. The van der Waals surface area contributed by atoms with Gasteiger partial charge in [-0.2, -0.15) is 0 Å². The first-order valence-electron chi connectivity index (χ1n) is 6.76. The molecule has 1 aliphatic rings. The molecule has 0 saturated carbocycles. The minimum atomic E-state index is 0.782. The van der Waals surface area contributed by atoms with Gasteiger partial charge in [0, 0.05) is 6.42 Å². The first-order chi connectivity index (χ1) is 9.24. The number of nitrogens with one attached hydrogen (secondary N) is 1. The molecule has 0 unspecified atom stereocenters. The molecule has 0 atom stereocenters. The van der Waals surface area contributed by atoms with Crippen molar-refractivity contribution in [3.8, 4) is 11.5 Å². The van der Waals surface area contributed by atoms with Crippen LogP contribution in [0.5, 0.6) is 11.5 Å². The van der Waals surface area contributed by atoms with Gasteiger partial charge in [0.2, 0.25) is 5.84 Å². The summed E-state index contributed by atoms with van der Waals surface area (Å²) in [4.78, 5) is 0. The fraction of sp³-hybridized carbons (Fsp3) is 0.533. The van der Waals surface area contributed by atoms with Crippen LogP contribution < -0.4 is 14.8 Å². The smallest absolute Gasteiger partial charge is 0.244 e. The van der Waals surface area contributed by atoms with Crippen LogP contribution in [0.15, 0.2) is 18.2 Å². The van der Waals surface area contributed by atoms with E-state index in [0.717, 1.165) is 24.5 Å². The first kappa shape index (κ1) is 13.7. The second-order valence-electron chi connectivity index (χ2n) is 4.84. The summed E-state index contributed by atoms with van der Waals surface area (Å²) in [7, 11) is 5.47. The zero-order valence-corrected chi connectivity index (χ0v) is 12.0. The Balaban J connectivity index is 1.91. The normalized spacial score (nSPS) is 14.7. The summed E-state index contributed by atoms with van der Waals surface area (Å²) in [6.07, 6.45) is 3.41. The number of amidine groups is 1. The number of methoxy groups -OCH3 is 2. The third-order valence-corrected chi connectivity index (χ3v) is 3.56. The fourth-order valence-electron chi connectivity index (χ4n) is 2.42. The zero-order chi connectivity index (χ0) is 13.7. The van der Waals surface area contributed by atoms with E-state index in [4.69, 9.17) is 9.47 Å². The molecule has 104 valence electrons. The largest absolute Gasteiger partial charge is 0.493 e. The molecule has 0 aliphatic carbocycles. The summed E-state index contributed by atoms with van der Waals surface area (Å²) in [6, 6.07) is 6.10. The van der Waals surface area contributed by atoms with E-state index < -0.39 is 0 Å². The molecular formula is C15H23N2O2+. The average Bonchev–Trinajstić information content (AvgIpc) is 2.84. The van der Waals surface area contributed by atoms with Gasteiger partial charge in [-0.25, -0.2) is 0 Å². The van der Waals surface area contributed by atoms with Crippen molar-refractivity contribution < 1.29 is 14.0 Å². The average molecular weight is 263 g/mol. The molecule has 1 aliphatic heterocycles. The molecule has 0 spiro atoms. The number of nitrogens with zero attached hydrogens (tertiary/aromatic N) is 1. The molecule has 1 N–H and O–H groups in total. The number of hydrogen-bond donors (Lipinski definition) is 1. The van der Waals surface area contributed by atoms with Gasteiger partial charge in [0.15, 0.2) is 11.5 Å². The highest BCUT2D eigenvalue weighted by atomic mass is 16.5. The molecule has 1 aromatic rings. The molecule has 1 heterocycles. The maximum absolute atomic E-state index is 5.31. The molecule has 0 aromatic heterocycles. The summed E-state index contributed by atoms with van der Waals surface area (Å²) < 4.78 is 12.9. The van der Waals surface area contributed by atoms with Gasteiger partial charge < -0.3 is 9.47 Å². The Morgan fingerprint density at radius 1 is 1.21 bits per heavy atom. The number of rotatable bonds is 5. The van der Waals surface area contributed by atoms with Crippen molar-refractivity contribution in [3.63, 3.8) is 0 Å². The molecule has 0 amide bonds. The maximum Gasteiger partial charge on any atom is 0.244 e. The van der Waals surface area contributed by atoms with Crippen LogP contribution in [-0.2, 0) is 6.42 Å². The van der Waals surface area contributed by atoms with Crippen molar-refractivity contribution in [2.75, 3.05) is 34.4 Å². The van der Waals surface area contributed by atoms with E-state index in [2.05, 4.69) is 23.0 Å². The highest BCUT2D eigenvalue weighted by Crippen LogP contribution is 2.27. The fourth-order valence-corrected chi connectivity index (χ4v) is 2.42. The van der Waals surface area contributed by atoms with Crippen LogP contribution in [0, 0.1) is 0 Å². The van der Waals surface area contributed by atoms with Crippen molar-refractivity contribution in [3.05, 3.63) is 23.8 Å². The minimum Gasteiger partial charge on any atom is -0.493 e. The van der Waals surface area contributed by atoms with Crippen molar-refractivity contribution in [2.45, 2.75) is 19.3 Å². The van der Waals surface area contributed by atoms with Gasteiger partial charge in [-0.05, 0) is 24.1 Å². The molecule has 4 heteroatoms. The van der Waals surface area contributed by atoms with E-state index in [9.17, 15) is 0 Å². The molecule has 1 aromatic carbocycles. The number of benzene rings is 1. The predicted molar refractivity (Wildman–Crippen MR) is 76.5 cm³/mol. The monoisotopic (exact) mass is 263 g/mol. The van der Waals surface area contributed by atoms with Crippen molar-refractivity contribution >= 4 is 5.84 Å². The van der Waals surface area contributed by atoms with Crippen LogP contribution in [0.25, 0.3) is 0 Å². The third-order valence-electron chi connectivity index (χ3n) is 3.56. The lowest BCUT2D eigenvalue weighted by molar-refractivity contribution is -0.490. The van der Waals surface area contributed by atoms with E-state index in [1.807, 2.05) is 12.1 Å². The Morgan fingerprint density at radius 3 is 2.63 bits per heavy atom. The lowest BCUT2D eigenvalue weighted by atomic mass is 10.1. The summed E-state index contributed by atoms with van der Waals surface area (Å²) >= 11 is 0. The SMILES string of the molecule is COc1ccc(CCNC2=[N+](C)CCC2)cc1OC. The summed E-state index contributed by atoms with van der Waals surface area (Å²) in [5.74, 6) is 2.94. The van der Waals surface area contributed by atoms with E-state index in [0.29, 0.717) is 0 Å². The molecule has 0 saturated heterocycles. The van der Waals surface area contributed by atoms with Crippen molar-refractivity contribution in [1.29, 1.82) is 0 Å². The summed E-state index contributed by atoms with van der Waals surface area (Å²) in [5.41, 5.74) is 1.26. The van der Waals surface area contributed by atoms with Crippen LogP contribution in [0.4, 0.5) is 0 Å². The molecular weight excluding hydrogens is 240 g/mol. The lowest BCUT2D eigenvalue weighted by Gasteiger charge is -2.09. The van der Waals surface area contributed by atoms with Gasteiger partial charge in [0.25, 0.3) is 0 Å². The second-order valence-corrected chi connectivity index (χ2v) is 4.84. The van der Waals surface area contributed by atoms with Gasteiger partial charge in [-0.1, -0.05) is 6.07 Å². The van der Waals surface area contributed by atoms with Crippen LogP contribution in [0.1, 0.15) is 18.4 Å². The highest BCUT2D eigenvalue weighted by Gasteiger charge is 2.16. The first-order valence-corrected chi connectivity index (χ1v) is 6.76. The quantitative estimate of drug-likeness (QED) is 0.821. The van der Waals surface area contributed by atoms with Crippen molar-refractivity contribution in [2.24, 2.45) is 0 Å². The van der Waals surface area contributed by atoms with Crippen molar-refractivity contribution in [1.82, 2.24) is 5.32 Å². The number of ether oxygens (including phenoxy) is 2. The molecule has 4 nitrogen and oxygen atoms in total. The summed E-state index contributed by atoms with van der Waals surface area (Å²) in [5, 5.41) is 3.52. The maximum atomic E-state index is 5.31. The number of hydrogen-bond acceptors (Lipinski definition) is 3. The van der Waals surface area contributed by atoms with Crippen LogP contribution in [0.3, 0.4) is 0 Å². The van der Waals surface area contributed by atoms with Gasteiger partial charge in [0.05, 0.1) is 40.8 Å². The third kappa shape index (κ3) is 3.40. The lowest BCUT2D eigenvalue weighted by Crippen LogP contribution is -2.29. The van der Waals surface area contributed by atoms with Gasteiger partial charge in [-0.15, -0.1) is 0 Å². The Labute approximate surface area is 115 Å². The minimum absolute atomic E-state index is 0.782. The standard InChI is InChI=1S/C15H22N2O2/c1-17-10-4-5-15(17)16-9-8-12-6-7-13(18-2)14(11-12)19-3/h6-7,11H,4-5,8-10H2,1-3H3/p+1. The highest BCUT2D eigenvalue weighted by molar-refractivity contribution is 5.78. The van der Waals surface area contributed by atoms with Gasteiger partial charge in [0.1, 0.15) is 0 Å². The second kappa shape index (κ2) is 6.45. The van der Waals surface area contributed by atoms with E-state index in [1.54, 1.807) is 14.2 Å². The zero-order valence-electron chi connectivity index (χ0n) is 12.0. The Morgan fingerprint density at radius 2 is 2.00 bits per heavy atom. The van der Waals surface area contributed by atoms with Gasteiger partial charge in [-0.3, -0.25) is 9.89 Å².